The summed E-state index contributed by atoms with van der Waals surface area (Å²) >= 11 is 0. The number of aliphatic hydroxyl groups is 1. The van der Waals surface area contributed by atoms with E-state index in [-0.39, 0.29) is 6.61 Å². The molecule has 0 fully saturated rings. The zero-order valence-corrected chi connectivity index (χ0v) is 8.79. The van der Waals surface area contributed by atoms with E-state index in [0.29, 0.717) is 6.42 Å². The van der Waals surface area contributed by atoms with Gasteiger partial charge in [-0.3, -0.25) is 0 Å². The van der Waals surface area contributed by atoms with Crippen LogP contribution in [0.2, 0.25) is 0 Å². The van der Waals surface area contributed by atoms with Gasteiger partial charge in [-0.15, -0.1) is 0 Å². The standard InChI is InChI=1S/C11H18F2O2/c12-11(13)8-15-7-6-10(14)9-4-2-1-3-5-9/h4,10-11,14H,1-3,5-8H2. The molecular formula is C11H18F2O2. The summed E-state index contributed by atoms with van der Waals surface area (Å²) in [6.45, 7) is -0.339. The van der Waals surface area contributed by atoms with Crippen LogP contribution in [-0.4, -0.2) is 30.8 Å². The number of rotatable bonds is 6. The first kappa shape index (κ1) is 12.6. The largest absolute Gasteiger partial charge is 0.389 e. The monoisotopic (exact) mass is 220 g/mol. The average Bonchev–Trinajstić information content (AvgIpc) is 2.25. The fourth-order valence-corrected chi connectivity index (χ4v) is 1.72. The maximum atomic E-state index is 11.7. The normalized spacial score (nSPS) is 19.1. The second-order valence-electron chi connectivity index (χ2n) is 3.80. The van der Waals surface area contributed by atoms with Crippen LogP contribution in [0.25, 0.3) is 0 Å². The molecule has 1 unspecified atom stereocenters. The maximum absolute atomic E-state index is 11.7. The fraction of sp³-hybridized carbons (Fsp3) is 0.818. The maximum Gasteiger partial charge on any atom is 0.261 e. The first-order valence-corrected chi connectivity index (χ1v) is 5.43. The Labute approximate surface area is 88.9 Å². The van der Waals surface area contributed by atoms with Crippen LogP contribution in [0.4, 0.5) is 8.78 Å². The fourth-order valence-electron chi connectivity index (χ4n) is 1.72. The second-order valence-corrected chi connectivity index (χ2v) is 3.80. The van der Waals surface area contributed by atoms with E-state index in [0.717, 1.165) is 24.8 Å². The van der Waals surface area contributed by atoms with Crippen molar-refractivity contribution in [2.24, 2.45) is 0 Å². The molecule has 0 radical (unpaired) electrons. The van der Waals surface area contributed by atoms with Gasteiger partial charge in [-0.25, -0.2) is 8.78 Å². The Hall–Kier alpha value is -0.480. The van der Waals surface area contributed by atoms with Crippen LogP contribution in [0.5, 0.6) is 0 Å². The highest BCUT2D eigenvalue weighted by molar-refractivity contribution is 5.10. The lowest BCUT2D eigenvalue weighted by atomic mass is 9.94. The Morgan fingerprint density at radius 2 is 2.20 bits per heavy atom. The molecular weight excluding hydrogens is 202 g/mol. The van der Waals surface area contributed by atoms with Crippen LogP contribution in [0.3, 0.4) is 0 Å². The number of halogens is 2. The third kappa shape index (κ3) is 5.23. The minimum atomic E-state index is -2.42. The molecule has 0 aromatic heterocycles. The van der Waals surface area contributed by atoms with Gasteiger partial charge in [-0.1, -0.05) is 6.08 Å². The predicted molar refractivity (Wildman–Crippen MR) is 54.0 cm³/mol. The first-order chi connectivity index (χ1) is 7.20. The van der Waals surface area contributed by atoms with Crippen molar-refractivity contribution in [2.75, 3.05) is 13.2 Å². The van der Waals surface area contributed by atoms with Crippen molar-refractivity contribution in [3.8, 4) is 0 Å². The predicted octanol–water partition coefficient (Wildman–Crippen LogP) is 2.52. The SMILES string of the molecule is OC(CCOCC(F)F)C1=CCCCC1. The molecule has 0 saturated carbocycles. The molecule has 1 aliphatic carbocycles. The Morgan fingerprint density at radius 3 is 2.80 bits per heavy atom. The number of ether oxygens (including phenoxy) is 1. The molecule has 0 amide bonds. The minimum Gasteiger partial charge on any atom is -0.389 e. The van der Waals surface area contributed by atoms with Gasteiger partial charge in [0.2, 0.25) is 0 Å². The molecule has 1 rings (SSSR count). The van der Waals surface area contributed by atoms with Crippen LogP contribution in [-0.2, 0) is 4.74 Å². The van der Waals surface area contributed by atoms with Crippen molar-refractivity contribution in [2.45, 2.75) is 44.6 Å². The van der Waals surface area contributed by atoms with Crippen molar-refractivity contribution in [3.63, 3.8) is 0 Å². The van der Waals surface area contributed by atoms with E-state index < -0.39 is 19.1 Å². The van der Waals surface area contributed by atoms with E-state index in [1.807, 2.05) is 0 Å². The summed E-state index contributed by atoms with van der Waals surface area (Å²) in [4.78, 5) is 0. The van der Waals surface area contributed by atoms with Crippen LogP contribution in [0.15, 0.2) is 11.6 Å². The van der Waals surface area contributed by atoms with E-state index in [1.54, 1.807) is 0 Å². The Kier molecular flexibility index (Phi) is 5.79. The van der Waals surface area contributed by atoms with Gasteiger partial charge in [-0.05, 0) is 31.3 Å². The zero-order chi connectivity index (χ0) is 11.1. The lowest BCUT2D eigenvalue weighted by Gasteiger charge is -2.18. The molecule has 0 saturated heterocycles. The van der Waals surface area contributed by atoms with Crippen molar-refractivity contribution in [3.05, 3.63) is 11.6 Å². The van der Waals surface area contributed by atoms with Gasteiger partial charge < -0.3 is 9.84 Å². The Bertz CT molecular complexity index is 205. The Morgan fingerprint density at radius 1 is 1.40 bits per heavy atom. The van der Waals surface area contributed by atoms with E-state index in [2.05, 4.69) is 6.08 Å². The molecule has 0 aliphatic heterocycles. The Balaban J connectivity index is 2.12. The molecule has 0 aromatic rings. The molecule has 88 valence electrons. The summed E-state index contributed by atoms with van der Waals surface area (Å²) in [5.74, 6) is 0. The van der Waals surface area contributed by atoms with E-state index >= 15 is 0 Å². The first-order valence-electron chi connectivity index (χ1n) is 5.43. The lowest BCUT2D eigenvalue weighted by Crippen LogP contribution is -2.16. The summed E-state index contributed by atoms with van der Waals surface area (Å²) in [5.41, 5.74) is 1.04. The van der Waals surface area contributed by atoms with Gasteiger partial charge in [-0.2, -0.15) is 0 Å². The molecule has 2 nitrogen and oxygen atoms in total. The summed E-state index contributed by atoms with van der Waals surface area (Å²) in [7, 11) is 0. The number of aliphatic hydroxyl groups excluding tert-OH is 1. The molecule has 4 heteroatoms. The van der Waals surface area contributed by atoms with Crippen LogP contribution in [0.1, 0.15) is 32.1 Å². The molecule has 1 aliphatic rings. The summed E-state index contributed by atoms with van der Waals surface area (Å²) in [5, 5.41) is 9.70. The van der Waals surface area contributed by atoms with Gasteiger partial charge >= 0.3 is 0 Å². The summed E-state index contributed by atoms with van der Waals surface area (Å²) < 4.78 is 28.1. The van der Waals surface area contributed by atoms with Crippen LogP contribution < -0.4 is 0 Å². The molecule has 0 spiro atoms. The van der Waals surface area contributed by atoms with Crippen molar-refractivity contribution < 1.29 is 18.6 Å². The number of alkyl halides is 2. The molecule has 0 aromatic carbocycles. The molecule has 0 heterocycles. The quantitative estimate of drug-likeness (QED) is 0.550. The van der Waals surface area contributed by atoms with E-state index in [4.69, 9.17) is 4.74 Å². The third-order valence-electron chi connectivity index (χ3n) is 2.53. The van der Waals surface area contributed by atoms with Crippen LogP contribution >= 0.6 is 0 Å². The lowest BCUT2D eigenvalue weighted by molar-refractivity contribution is 0.00780. The van der Waals surface area contributed by atoms with Gasteiger partial charge in [0, 0.05) is 13.0 Å². The second kappa shape index (κ2) is 6.90. The van der Waals surface area contributed by atoms with E-state index in [1.165, 1.54) is 6.42 Å². The smallest absolute Gasteiger partial charge is 0.261 e. The van der Waals surface area contributed by atoms with E-state index in [9.17, 15) is 13.9 Å². The van der Waals surface area contributed by atoms with Gasteiger partial charge in [0.15, 0.2) is 0 Å². The number of hydrogen-bond acceptors (Lipinski definition) is 2. The average molecular weight is 220 g/mol. The highest BCUT2D eigenvalue weighted by Crippen LogP contribution is 2.21. The molecule has 15 heavy (non-hydrogen) atoms. The molecule has 1 atom stereocenters. The highest BCUT2D eigenvalue weighted by atomic mass is 19.3. The van der Waals surface area contributed by atoms with Crippen LogP contribution in [0, 0.1) is 0 Å². The molecule has 0 bridgehead atoms. The van der Waals surface area contributed by atoms with Crippen molar-refractivity contribution in [1.82, 2.24) is 0 Å². The summed E-state index contributed by atoms with van der Waals surface area (Å²) in [6.07, 6.45) is 3.78. The zero-order valence-electron chi connectivity index (χ0n) is 8.79. The third-order valence-corrected chi connectivity index (χ3v) is 2.53. The number of allylic oxidation sites excluding steroid dienone is 1. The van der Waals surface area contributed by atoms with Crippen molar-refractivity contribution >= 4 is 0 Å². The van der Waals surface area contributed by atoms with Gasteiger partial charge in [0.25, 0.3) is 6.43 Å². The highest BCUT2D eigenvalue weighted by Gasteiger charge is 2.13. The minimum absolute atomic E-state index is 0.197. The summed E-state index contributed by atoms with van der Waals surface area (Å²) in [6, 6.07) is 0. The topological polar surface area (TPSA) is 29.5 Å². The molecule has 1 N–H and O–H groups in total. The van der Waals surface area contributed by atoms with Crippen molar-refractivity contribution in [1.29, 1.82) is 0 Å². The van der Waals surface area contributed by atoms with Gasteiger partial charge in [0.1, 0.15) is 6.61 Å². The number of hydrogen-bond donors (Lipinski definition) is 1. The van der Waals surface area contributed by atoms with Gasteiger partial charge in [0.05, 0.1) is 6.10 Å².